The maximum Gasteiger partial charge on any atom is 0.163 e. The molecule has 0 aliphatic carbocycles. The van der Waals surface area contributed by atoms with E-state index in [2.05, 4.69) is 45.8 Å². The Labute approximate surface area is 236 Å². The molecular formula is C32H37N5O3. The van der Waals surface area contributed by atoms with Crippen LogP contribution in [0.5, 0.6) is 11.5 Å². The number of ether oxygens (including phenoxy) is 2. The summed E-state index contributed by atoms with van der Waals surface area (Å²) in [5.41, 5.74) is 6.04. The molecule has 0 bridgehead atoms. The molecule has 8 heteroatoms. The number of benzene rings is 3. The van der Waals surface area contributed by atoms with E-state index in [9.17, 15) is 4.79 Å². The van der Waals surface area contributed by atoms with Crippen LogP contribution < -0.4 is 14.4 Å². The summed E-state index contributed by atoms with van der Waals surface area (Å²) in [6.45, 7) is 14.7. The standard InChI is InChI=1S/C32H37N5O3/c1-20-32(5,6)24-16-23(14-15-27(24)37(20)7)34-36-26-18-29(39-8)25(17-30(26)40-9)35-33-22-12-10-21(11-13-22)28(38)19-31(2,3)4/h10-18H,1,19H2,2-9H3. The zero-order valence-electron chi connectivity index (χ0n) is 24.6. The lowest BCUT2D eigenvalue weighted by Gasteiger charge is -2.22. The molecule has 0 amide bonds. The first kappa shape index (κ1) is 28.7. The van der Waals surface area contributed by atoms with Crippen LogP contribution in [0.4, 0.5) is 28.4 Å². The van der Waals surface area contributed by atoms with Crippen LogP contribution in [-0.4, -0.2) is 27.1 Å². The van der Waals surface area contributed by atoms with Gasteiger partial charge in [0.1, 0.15) is 22.9 Å². The van der Waals surface area contributed by atoms with Crippen molar-refractivity contribution >= 4 is 34.2 Å². The van der Waals surface area contributed by atoms with Crippen molar-refractivity contribution in [2.45, 2.75) is 46.5 Å². The molecule has 208 valence electrons. The van der Waals surface area contributed by atoms with Gasteiger partial charge in [-0.3, -0.25) is 4.79 Å². The Kier molecular flexibility index (Phi) is 7.91. The molecule has 0 saturated heterocycles. The zero-order chi connectivity index (χ0) is 29.2. The minimum Gasteiger partial charge on any atom is -0.494 e. The normalized spacial score (nSPS) is 14.7. The van der Waals surface area contributed by atoms with Crippen molar-refractivity contribution in [2.24, 2.45) is 25.9 Å². The molecule has 0 unspecified atom stereocenters. The number of fused-ring (bicyclic) bond motifs is 1. The summed E-state index contributed by atoms with van der Waals surface area (Å²) in [7, 11) is 5.15. The Bertz CT molecular complexity index is 1500. The van der Waals surface area contributed by atoms with Gasteiger partial charge in [-0.25, -0.2) is 0 Å². The van der Waals surface area contributed by atoms with E-state index < -0.39 is 0 Å². The molecule has 0 fully saturated rings. The quantitative estimate of drug-likeness (QED) is 0.211. The maximum absolute atomic E-state index is 12.5. The number of Topliss-reactive ketones (excluding diaryl/α,β-unsaturated/α-hetero) is 1. The predicted molar refractivity (Wildman–Crippen MR) is 160 cm³/mol. The summed E-state index contributed by atoms with van der Waals surface area (Å²) in [5, 5.41) is 17.6. The molecule has 1 aliphatic heterocycles. The van der Waals surface area contributed by atoms with Gasteiger partial charge in [0.25, 0.3) is 0 Å². The van der Waals surface area contributed by atoms with Crippen molar-refractivity contribution in [1.82, 2.24) is 0 Å². The summed E-state index contributed by atoms with van der Waals surface area (Å²) in [6, 6.07) is 16.5. The number of carbonyl (C=O) groups is 1. The van der Waals surface area contributed by atoms with Crippen LogP contribution in [0.1, 0.15) is 57.0 Å². The number of ketones is 1. The highest BCUT2D eigenvalue weighted by Crippen LogP contribution is 2.47. The zero-order valence-corrected chi connectivity index (χ0v) is 24.6. The second-order valence-corrected chi connectivity index (χ2v) is 11.6. The van der Waals surface area contributed by atoms with E-state index in [1.807, 2.05) is 46.0 Å². The highest BCUT2D eigenvalue weighted by atomic mass is 16.5. The van der Waals surface area contributed by atoms with Gasteiger partial charge < -0.3 is 14.4 Å². The van der Waals surface area contributed by atoms with E-state index in [0.717, 1.165) is 22.6 Å². The Hall–Kier alpha value is -4.33. The molecule has 40 heavy (non-hydrogen) atoms. The number of likely N-dealkylation sites (N-methyl/N-ethyl adjacent to an activating group) is 1. The van der Waals surface area contributed by atoms with Gasteiger partial charge in [-0.15, -0.1) is 10.2 Å². The number of nitrogens with zero attached hydrogens (tertiary/aromatic N) is 5. The fourth-order valence-electron chi connectivity index (χ4n) is 4.64. The number of anilines is 1. The number of azo groups is 2. The van der Waals surface area contributed by atoms with E-state index in [4.69, 9.17) is 9.47 Å². The maximum atomic E-state index is 12.5. The molecule has 0 radical (unpaired) electrons. The van der Waals surface area contributed by atoms with Gasteiger partial charge >= 0.3 is 0 Å². The summed E-state index contributed by atoms with van der Waals surface area (Å²) >= 11 is 0. The minimum absolute atomic E-state index is 0.0680. The van der Waals surface area contributed by atoms with Crippen LogP contribution >= 0.6 is 0 Å². The van der Waals surface area contributed by atoms with E-state index in [-0.39, 0.29) is 16.6 Å². The van der Waals surface area contributed by atoms with Gasteiger partial charge in [0.05, 0.1) is 25.6 Å². The SMILES string of the molecule is C=C1N(C)c2ccc(N=Nc3cc(OC)c(N=Nc4ccc(C(=O)CC(C)(C)C)cc4)cc3OC)cc2C1(C)C. The molecule has 1 heterocycles. The number of hydrogen-bond acceptors (Lipinski definition) is 8. The summed E-state index contributed by atoms with van der Waals surface area (Å²) in [4.78, 5) is 14.6. The number of allylic oxidation sites excluding steroid dienone is 1. The number of carbonyl (C=O) groups excluding carboxylic acids is 1. The first-order valence-corrected chi connectivity index (χ1v) is 13.1. The van der Waals surface area contributed by atoms with Crippen LogP contribution in [0, 0.1) is 5.41 Å². The first-order valence-electron chi connectivity index (χ1n) is 13.1. The Balaban J connectivity index is 1.56. The van der Waals surface area contributed by atoms with Gasteiger partial charge in [0.15, 0.2) is 5.78 Å². The van der Waals surface area contributed by atoms with Crippen molar-refractivity contribution in [1.29, 1.82) is 0 Å². The molecule has 4 rings (SSSR count). The molecule has 8 nitrogen and oxygen atoms in total. The van der Waals surface area contributed by atoms with E-state index >= 15 is 0 Å². The molecule has 3 aromatic carbocycles. The molecule has 0 spiro atoms. The summed E-state index contributed by atoms with van der Waals surface area (Å²) in [5.74, 6) is 1.06. The third kappa shape index (κ3) is 5.96. The van der Waals surface area contributed by atoms with Crippen molar-refractivity contribution < 1.29 is 14.3 Å². The molecule has 1 aliphatic rings. The number of hydrogen-bond donors (Lipinski definition) is 0. The van der Waals surface area contributed by atoms with Crippen molar-refractivity contribution in [3.63, 3.8) is 0 Å². The number of rotatable bonds is 8. The first-order chi connectivity index (χ1) is 18.8. The topological polar surface area (TPSA) is 88.2 Å². The van der Waals surface area contributed by atoms with Crippen LogP contribution in [0.2, 0.25) is 0 Å². The monoisotopic (exact) mass is 539 g/mol. The van der Waals surface area contributed by atoms with E-state index in [0.29, 0.717) is 40.5 Å². The lowest BCUT2D eigenvalue weighted by Crippen LogP contribution is -2.21. The molecule has 3 aromatic rings. The highest BCUT2D eigenvalue weighted by molar-refractivity contribution is 5.96. The average molecular weight is 540 g/mol. The molecule has 0 atom stereocenters. The highest BCUT2D eigenvalue weighted by Gasteiger charge is 2.37. The van der Waals surface area contributed by atoms with Crippen LogP contribution in [0.3, 0.4) is 0 Å². The van der Waals surface area contributed by atoms with Crippen LogP contribution in [-0.2, 0) is 5.41 Å². The van der Waals surface area contributed by atoms with Gasteiger partial charge in [-0.1, -0.05) is 41.2 Å². The van der Waals surface area contributed by atoms with E-state index in [1.54, 1.807) is 50.6 Å². The fraction of sp³-hybridized carbons (Fsp3) is 0.344. The molecule has 0 aromatic heterocycles. The summed E-state index contributed by atoms with van der Waals surface area (Å²) < 4.78 is 11.1. The molecular weight excluding hydrogens is 502 g/mol. The lowest BCUT2D eigenvalue weighted by molar-refractivity contribution is 0.0940. The number of methoxy groups -OCH3 is 2. The Morgan fingerprint density at radius 2 is 1.38 bits per heavy atom. The Morgan fingerprint density at radius 1 is 0.850 bits per heavy atom. The van der Waals surface area contributed by atoms with Crippen LogP contribution in [0.15, 0.2) is 87.3 Å². The second kappa shape index (κ2) is 11.0. The van der Waals surface area contributed by atoms with Gasteiger partial charge in [-0.2, -0.15) is 10.2 Å². The molecule has 0 saturated carbocycles. The predicted octanol–water partition coefficient (Wildman–Crippen LogP) is 9.39. The average Bonchev–Trinajstić information content (AvgIpc) is 3.09. The van der Waals surface area contributed by atoms with Gasteiger partial charge in [0.2, 0.25) is 0 Å². The third-order valence-corrected chi connectivity index (χ3v) is 7.05. The van der Waals surface area contributed by atoms with Gasteiger partial charge in [-0.05, 0) is 53.4 Å². The molecule has 0 N–H and O–H groups in total. The minimum atomic E-state index is -0.189. The lowest BCUT2D eigenvalue weighted by atomic mass is 9.84. The second-order valence-electron chi connectivity index (χ2n) is 11.6. The van der Waals surface area contributed by atoms with Gasteiger partial charge in [0, 0.05) is 48.0 Å². The van der Waals surface area contributed by atoms with Crippen molar-refractivity contribution in [3.05, 3.63) is 78.0 Å². The van der Waals surface area contributed by atoms with Crippen molar-refractivity contribution in [3.8, 4) is 11.5 Å². The Morgan fingerprint density at radius 3 is 1.90 bits per heavy atom. The van der Waals surface area contributed by atoms with Crippen LogP contribution in [0.25, 0.3) is 0 Å². The van der Waals surface area contributed by atoms with E-state index in [1.165, 1.54) is 0 Å². The summed E-state index contributed by atoms with van der Waals surface area (Å²) in [6.07, 6.45) is 0.478. The largest absolute Gasteiger partial charge is 0.494 e. The third-order valence-electron chi connectivity index (χ3n) is 7.05. The van der Waals surface area contributed by atoms with Crippen molar-refractivity contribution in [2.75, 3.05) is 26.2 Å². The smallest absolute Gasteiger partial charge is 0.163 e. The fourth-order valence-corrected chi connectivity index (χ4v) is 4.64.